The maximum atomic E-state index is 10.1. The van der Waals surface area contributed by atoms with E-state index in [1.165, 1.54) is 0 Å². The van der Waals surface area contributed by atoms with Gasteiger partial charge in [-0.1, -0.05) is 24.3 Å². The van der Waals surface area contributed by atoms with Gasteiger partial charge in [-0.3, -0.25) is 19.9 Å². The minimum absolute atomic E-state index is 0. The van der Waals surface area contributed by atoms with Gasteiger partial charge >= 0.3 is 0 Å². The van der Waals surface area contributed by atoms with Crippen molar-refractivity contribution in [1.29, 1.82) is 0 Å². The molecule has 9 heteroatoms. The Balaban J connectivity index is 0.000000463. The van der Waals surface area contributed by atoms with Gasteiger partial charge < -0.3 is 20.4 Å². The zero-order valence-electron chi connectivity index (χ0n) is 21.0. The Hall–Kier alpha value is -3.02. The molecule has 0 aliphatic rings. The van der Waals surface area contributed by atoms with Gasteiger partial charge in [0.25, 0.3) is 0 Å². The van der Waals surface area contributed by atoms with Crippen molar-refractivity contribution in [3.05, 3.63) is 120 Å². The summed E-state index contributed by atoms with van der Waals surface area (Å²) in [7, 11) is 0. The Bertz CT molecular complexity index is 820. The summed E-state index contributed by atoms with van der Waals surface area (Å²) in [4.78, 5) is 15.9. The molecule has 4 rings (SSSR count). The van der Waals surface area contributed by atoms with Crippen LogP contribution in [0.25, 0.3) is 0 Å². The molecule has 4 radical (unpaired) electrons. The second kappa shape index (κ2) is 24.7. The third-order valence-corrected chi connectivity index (χ3v) is 4.41. The first-order valence-electron chi connectivity index (χ1n) is 11.8. The molecule has 4 aromatic heterocycles. The van der Waals surface area contributed by atoms with E-state index in [9.17, 15) is 10.2 Å². The quantitative estimate of drug-likeness (QED) is 0.222. The molecule has 0 saturated heterocycles. The van der Waals surface area contributed by atoms with E-state index in [4.69, 9.17) is 10.2 Å². The van der Waals surface area contributed by atoms with Crippen molar-refractivity contribution in [2.75, 3.05) is 26.4 Å². The summed E-state index contributed by atoms with van der Waals surface area (Å²) in [5, 5.41) is 33.9. The van der Waals surface area contributed by atoms with Crippen LogP contribution in [0.4, 0.5) is 0 Å². The van der Waals surface area contributed by atoms with Crippen molar-refractivity contribution in [2.24, 2.45) is 0 Å². The fraction of sp³-hybridized carbons (Fsp3) is 0.286. The molecule has 0 aliphatic heterocycles. The summed E-state index contributed by atoms with van der Waals surface area (Å²) in [6, 6.07) is 20.9. The van der Waals surface area contributed by atoms with Crippen LogP contribution in [0.1, 0.15) is 22.6 Å². The summed E-state index contributed by atoms with van der Waals surface area (Å²) in [5.41, 5.74) is 3.92. The van der Waals surface area contributed by atoms with Gasteiger partial charge in [0.05, 0.1) is 12.8 Å². The van der Waals surface area contributed by atoms with Crippen LogP contribution in [-0.2, 0) is 25.7 Å². The van der Waals surface area contributed by atoms with Crippen LogP contribution in [0, 0.1) is 0 Å². The molecule has 0 bridgehead atoms. The van der Waals surface area contributed by atoms with E-state index in [1.807, 2.05) is 66.7 Å². The first-order valence-corrected chi connectivity index (χ1v) is 11.8. The van der Waals surface area contributed by atoms with E-state index in [0.717, 1.165) is 35.5 Å². The molecular formula is C28H36GeN4O4. The zero-order chi connectivity index (χ0) is 26.1. The molecule has 0 aromatic carbocycles. The van der Waals surface area contributed by atoms with Gasteiger partial charge in [-0.05, 0) is 60.9 Å². The van der Waals surface area contributed by atoms with E-state index < -0.39 is 0 Å². The summed E-state index contributed by atoms with van der Waals surface area (Å²) in [5.74, 6) is 0. The van der Waals surface area contributed by atoms with Gasteiger partial charge in [-0.2, -0.15) is 0 Å². The van der Waals surface area contributed by atoms with Crippen molar-refractivity contribution in [3.63, 3.8) is 0 Å². The SMILES string of the molecule is [Ge].[O-]CCc1ccccn1.[O-]CCc1cccnc1.[OH2+]CCc1ccccn1.[OH2+]CCc1ccccn1. The van der Waals surface area contributed by atoms with Gasteiger partial charge in [0, 0.05) is 65.7 Å². The molecule has 37 heavy (non-hydrogen) atoms. The monoisotopic (exact) mass is 566 g/mol. The van der Waals surface area contributed by atoms with Crippen molar-refractivity contribution in [3.8, 4) is 0 Å². The Morgan fingerprint density at radius 3 is 1.32 bits per heavy atom. The number of nitrogens with zero attached hydrogens (tertiary/aromatic N) is 4. The van der Waals surface area contributed by atoms with Gasteiger partial charge in [0.15, 0.2) is 0 Å². The minimum atomic E-state index is -0.0724. The Morgan fingerprint density at radius 1 is 0.541 bits per heavy atom. The van der Waals surface area contributed by atoms with Crippen molar-refractivity contribution in [2.45, 2.75) is 25.7 Å². The fourth-order valence-corrected chi connectivity index (χ4v) is 2.66. The molecule has 0 fully saturated rings. The third-order valence-electron chi connectivity index (χ3n) is 4.41. The molecule has 4 N–H and O–H groups in total. The van der Waals surface area contributed by atoms with Gasteiger partial charge in [-0.15, -0.1) is 13.2 Å². The second-order valence-electron chi connectivity index (χ2n) is 7.23. The van der Waals surface area contributed by atoms with Gasteiger partial charge in [0.2, 0.25) is 0 Å². The Morgan fingerprint density at radius 2 is 1.00 bits per heavy atom. The summed E-state index contributed by atoms with van der Waals surface area (Å²) >= 11 is 0. The molecule has 8 nitrogen and oxygen atoms in total. The number of hydrogen-bond donors (Lipinski definition) is 0. The van der Waals surface area contributed by atoms with E-state index >= 15 is 0 Å². The van der Waals surface area contributed by atoms with Gasteiger partial charge in [-0.25, -0.2) is 0 Å². The van der Waals surface area contributed by atoms with Crippen LogP contribution in [0.15, 0.2) is 97.7 Å². The maximum absolute atomic E-state index is 10.1. The van der Waals surface area contributed by atoms with Crippen LogP contribution in [-0.4, -0.2) is 74.2 Å². The predicted octanol–water partition coefficient (Wildman–Crippen LogP) is 0.285. The Labute approximate surface area is 230 Å². The molecule has 0 saturated carbocycles. The summed E-state index contributed by atoms with van der Waals surface area (Å²) < 4.78 is 0. The van der Waals surface area contributed by atoms with Crippen LogP contribution < -0.4 is 10.2 Å². The summed E-state index contributed by atoms with van der Waals surface area (Å²) in [6.07, 6.45) is 11.3. The molecular weight excluding hydrogens is 529 g/mol. The van der Waals surface area contributed by atoms with Crippen molar-refractivity contribution < 1.29 is 20.4 Å². The molecule has 4 heterocycles. The molecule has 0 aliphatic carbocycles. The van der Waals surface area contributed by atoms with Crippen LogP contribution >= 0.6 is 0 Å². The third kappa shape index (κ3) is 18.9. The van der Waals surface area contributed by atoms with E-state index in [2.05, 4.69) is 19.9 Å². The molecule has 0 amide bonds. The molecule has 196 valence electrons. The average molecular weight is 565 g/mol. The van der Waals surface area contributed by atoms with E-state index in [0.29, 0.717) is 26.1 Å². The van der Waals surface area contributed by atoms with Crippen LogP contribution in [0.5, 0.6) is 0 Å². The topological polar surface area (TPSA) is 143 Å². The fourth-order valence-electron chi connectivity index (χ4n) is 2.66. The van der Waals surface area contributed by atoms with E-state index in [1.54, 1.807) is 31.0 Å². The zero-order valence-corrected chi connectivity index (χ0v) is 23.1. The van der Waals surface area contributed by atoms with Crippen molar-refractivity contribution >= 4 is 17.6 Å². The standard InChI is InChI=1S/C7H8NO.2C7H9NO.C7H8NO.Ge/c9-5-3-7-2-1-4-8-6-7;3*9-6-4-7-3-1-2-5-8-7;/h1-2,4,6H,3,5H2;2*1-3,5,9H,4,6H2;1-3,5H,4,6H2;/q-1;;;-1;/p+2. The molecule has 0 unspecified atom stereocenters. The minimum Gasteiger partial charge on any atom is -0.854 e. The second-order valence-corrected chi connectivity index (χ2v) is 7.23. The molecule has 0 atom stereocenters. The molecule has 0 spiro atoms. The smallest absolute Gasteiger partial charge is 0.149 e. The Kier molecular flexibility index (Phi) is 22.7. The largest absolute Gasteiger partial charge is 0.854 e. The maximum Gasteiger partial charge on any atom is 0.149 e. The van der Waals surface area contributed by atoms with Crippen LogP contribution in [0.3, 0.4) is 0 Å². The van der Waals surface area contributed by atoms with Gasteiger partial charge in [0.1, 0.15) is 13.2 Å². The average Bonchev–Trinajstić information content (AvgIpc) is 2.93. The molecule has 4 aromatic rings. The van der Waals surface area contributed by atoms with Crippen molar-refractivity contribution in [1.82, 2.24) is 19.9 Å². The normalized spacial score (nSPS) is 9.19. The predicted molar refractivity (Wildman–Crippen MR) is 144 cm³/mol. The number of hydrogen-bond acceptors (Lipinski definition) is 6. The summed E-state index contributed by atoms with van der Waals surface area (Å²) in [6.45, 7) is 0.733. The van der Waals surface area contributed by atoms with Crippen LogP contribution in [0.2, 0.25) is 0 Å². The number of aromatic nitrogens is 4. The first-order chi connectivity index (χ1) is 17.7. The first kappa shape index (κ1) is 34.0. The van der Waals surface area contributed by atoms with E-state index in [-0.39, 0.29) is 30.8 Å². The number of rotatable bonds is 8. The number of pyridine rings is 4.